The minimum absolute atomic E-state index is 0.110. The largest absolute Gasteiger partial charge is 0.365 e. The summed E-state index contributed by atoms with van der Waals surface area (Å²) >= 11 is 0. The summed E-state index contributed by atoms with van der Waals surface area (Å²) in [4.78, 5) is 2.21. The lowest BCUT2D eigenvalue weighted by Crippen LogP contribution is -2.29. The maximum atomic E-state index is 13.4. The van der Waals surface area contributed by atoms with Gasteiger partial charge in [0.25, 0.3) is 0 Å². The Bertz CT molecular complexity index is 1090. The number of hydrogen-bond donors (Lipinski definition) is 1. The van der Waals surface area contributed by atoms with E-state index in [2.05, 4.69) is 10.00 Å². The third-order valence-electron chi connectivity index (χ3n) is 4.67. The van der Waals surface area contributed by atoms with Gasteiger partial charge in [0.15, 0.2) is 0 Å². The second kappa shape index (κ2) is 6.79. The summed E-state index contributed by atoms with van der Waals surface area (Å²) < 4.78 is 38.4. The van der Waals surface area contributed by atoms with E-state index in [1.165, 1.54) is 12.1 Å². The lowest BCUT2D eigenvalue weighted by atomic mass is 10.0. The molecule has 8 heteroatoms. The van der Waals surface area contributed by atoms with Crippen LogP contribution < -0.4 is 10.0 Å². The molecule has 1 aliphatic heterocycles. The van der Waals surface area contributed by atoms with Gasteiger partial charge in [0, 0.05) is 18.4 Å². The van der Waals surface area contributed by atoms with Gasteiger partial charge < -0.3 is 4.90 Å². The van der Waals surface area contributed by atoms with Crippen molar-refractivity contribution in [3.63, 3.8) is 0 Å². The van der Waals surface area contributed by atoms with Crippen molar-refractivity contribution in [1.29, 1.82) is 0 Å². The first-order valence-corrected chi connectivity index (χ1v) is 10.2. The maximum absolute atomic E-state index is 13.4. The van der Waals surface area contributed by atoms with Gasteiger partial charge in [-0.2, -0.15) is 5.10 Å². The summed E-state index contributed by atoms with van der Waals surface area (Å²) in [6.45, 7) is 1.33. The highest BCUT2D eigenvalue weighted by Crippen LogP contribution is 2.30. The van der Waals surface area contributed by atoms with Crippen molar-refractivity contribution in [2.24, 2.45) is 5.14 Å². The Labute approximate surface area is 157 Å². The standard InChI is InChI=1S/C19H19FN4O2S/c20-15-4-1-5-17(11-15)24-10-8-16(22-24)13-23-9-2-3-14-6-7-18(12-19(14)23)27(21,25)26/h1,4-8,10-12H,2-3,9,13H2,(H2,21,25,26). The summed E-state index contributed by atoms with van der Waals surface area (Å²) in [5.74, 6) is -0.315. The Kier molecular flexibility index (Phi) is 4.45. The van der Waals surface area contributed by atoms with Gasteiger partial charge in [0.05, 0.1) is 22.8 Å². The first-order chi connectivity index (χ1) is 12.9. The molecule has 0 saturated heterocycles. The van der Waals surface area contributed by atoms with E-state index in [9.17, 15) is 12.8 Å². The van der Waals surface area contributed by atoms with Crippen LogP contribution in [0.4, 0.5) is 10.1 Å². The average molecular weight is 386 g/mol. The molecule has 0 amide bonds. The van der Waals surface area contributed by atoms with Gasteiger partial charge in [-0.1, -0.05) is 12.1 Å². The van der Waals surface area contributed by atoms with Crippen molar-refractivity contribution >= 4 is 15.7 Å². The molecule has 140 valence electrons. The summed E-state index contributed by atoms with van der Waals surface area (Å²) in [7, 11) is -3.75. The monoisotopic (exact) mass is 386 g/mol. The van der Waals surface area contributed by atoms with Crippen molar-refractivity contribution < 1.29 is 12.8 Å². The van der Waals surface area contributed by atoms with Gasteiger partial charge >= 0.3 is 0 Å². The molecule has 0 unspecified atom stereocenters. The third-order valence-corrected chi connectivity index (χ3v) is 5.58. The molecule has 1 aliphatic rings. The van der Waals surface area contributed by atoms with Gasteiger partial charge in [0.2, 0.25) is 10.0 Å². The number of sulfonamides is 1. The zero-order chi connectivity index (χ0) is 19.0. The molecule has 0 fully saturated rings. The Morgan fingerprint density at radius 3 is 2.78 bits per heavy atom. The molecule has 6 nitrogen and oxygen atoms in total. The van der Waals surface area contributed by atoms with Crippen LogP contribution in [-0.4, -0.2) is 24.7 Å². The number of anilines is 1. The molecule has 0 spiro atoms. The van der Waals surface area contributed by atoms with Crippen molar-refractivity contribution in [3.8, 4) is 5.69 Å². The van der Waals surface area contributed by atoms with Crippen LogP contribution in [0.5, 0.6) is 0 Å². The Balaban J connectivity index is 1.62. The number of nitrogens with zero attached hydrogens (tertiary/aromatic N) is 3. The van der Waals surface area contributed by atoms with Crippen LogP contribution in [0, 0.1) is 5.82 Å². The highest BCUT2D eigenvalue weighted by molar-refractivity contribution is 7.89. The van der Waals surface area contributed by atoms with E-state index in [-0.39, 0.29) is 10.7 Å². The van der Waals surface area contributed by atoms with Crippen LogP contribution in [0.25, 0.3) is 5.69 Å². The molecule has 3 aromatic rings. The van der Waals surface area contributed by atoms with Gasteiger partial charge in [-0.3, -0.25) is 0 Å². The molecule has 2 aromatic carbocycles. The molecule has 0 radical (unpaired) electrons. The van der Waals surface area contributed by atoms with E-state index in [0.717, 1.165) is 36.3 Å². The lowest BCUT2D eigenvalue weighted by Gasteiger charge is -2.31. The Hall–Kier alpha value is -2.71. The molecular formula is C19H19FN4O2S. The number of benzene rings is 2. The van der Waals surface area contributed by atoms with E-state index in [4.69, 9.17) is 5.14 Å². The van der Waals surface area contributed by atoms with Gasteiger partial charge in [-0.15, -0.1) is 0 Å². The summed E-state index contributed by atoms with van der Waals surface area (Å²) in [5, 5.41) is 9.80. The van der Waals surface area contributed by atoms with E-state index in [1.807, 2.05) is 12.1 Å². The second-order valence-corrected chi connectivity index (χ2v) is 8.15. The minimum Gasteiger partial charge on any atom is -0.365 e. The van der Waals surface area contributed by atoms with E-state index in [1.54, 1.807) is 35.1 Å². The number of rotatable bonds is 4. The number of aromatic nitrogens is 2. The first kappa shape index (κ1) is 17.7. The van der Waals surface area contributed by atoms with Gasteiger partial charge in [-0.05, 0) is 54.8 Å². The fraction of sp³-hybridized carbons (Fsp3) is 0.211. The van der Waals surface area contributed by atoms with Crippen LogP contribution in [0.1, 0.15) is 17.7 Å². The van der Waals surface area contributed by atoms with E-state index >= 15 is 0 Å². The number of primary sulfonamides is 1. The Morgan fingerprint density at radius 2 is 2.00 bits per heavy atom. The van der Waals surface area contributed by atoms with Gasteiger partial charge in [-0.25, -0.2) is 22.6 Å². The summed E-state index contributed by atoms with van der Waals surface area (Å²) in [6, 6.07) is 13.1. The average Bonchev–Trinajstić information content (AvgIpc) is 3.09. The smallest absolute Gasteiger partial charge is 0.238 e. The molecule has 1 aromatic heterocycles. The normalized spacial score (nSPS) is 14.2. The summed E-state index contributed by atoms with van der Waals surface area (Å²) in [5.41, 5.74) is 3.43. The molecule has 27 heavy (non-hydrogen) atoms. The number of hydrogen-bond acceptors (Lipinski definition) is 4. The zero-order valence-electron chi connectivity index (χ0n) is 14.5. The van der Waals surface area contributed by atoms with Crippen LogP contribution in [0.3, 0.4) is 0 Å². The number of nitrogens with two attached hydrogens (primary N) is 1. The molecule has 4 rings (SSSR count). The van der Waals surface area contributed by atoms with Crippen molar-refractivity contribution in [3.05, 3.63) is 71.8 Å². The number of fused-ring (bicyclic) bond motifs is 1. The first-order valence-electron chi connectivity index (χ1n) is 8.61. The quantitative estimate of drug-likeness (QED) is 0.747. The minimum atomic E-state index is -3.75. The van der Waals surface area contributed by atoms with Gasteiger partial charge in [0.1, 0.15) is 5.82 Å². The Morgan fingerprint density at radius 1 is 1.15 bits per heavy atom. The predicted octanol–water partition coefficient (Wildman–Crippen LogP) is 2.61. The van der Waals surface area contributed by atoms with E-state index < -0.39 is 10.0 Å². The molecule has 0 aliphatic carbocycles. The molecule has 0 atom stereocenters. The SMILES string of the molecule is NS(=O)(=O)c1ccc2c(c1)N(Cc1ccn(-c3cccc(F)c3)n1)CCC2. The maximum Gasteiger partial charge on any atom is 0.238 e. The topological polar surface area (TPSA) is 81.2 Å². The van der Waals surface area contributed by atoms with Crippen molar-refractivity contribution in [2.75, 3.05) is 11.4 Å². The molecule has 0 bridgehead atoms. The predicted molar refractivity (Wildman–Crippen MR) is 101 cm³/mol. The highest BCUT2D eigenvalue weighted by atomic mass is 32.2. The van der Waals surface area contributed by atoms with Crippen LogP contribution in [0.15, 0.2) is 59.6 Å². The highest BCUT2D eigenvalue weighted by Gasteiger charge is 2.20. The number of aryl methyl sites for hydroxylation is 1. The fourth-order valence-electron chi connectivity index (χ4n) is 3.38. The van der Waals surface area contributed by atoms with Crippen molar-refractivity contribution in [1.82, 2.24) is 9.78 Å². The van der Waals surface area contributed by atoms with Crippen LogP contribution in [0.2, 0.25) is 0 Å². The molecule has 2 heterocycles. The zero-order valence-corrected chi connectivity index (χ0v) is 15.4. The number of halogens is 1. The van der Waals surface area contributed by atoms with E-state index in [0.29, 0.717) is 12.2 Å². The van der Waals surface area contributed by atoms with Crippen LogP contribution in [-0.2, 0) is 23.0 Å². The third kappa shape index (κ3) is 3.72. The van der Waals surface area contributed by atoms with Crippen molar-refractivity contribution in [2.45, 2.75) is 24.3 Å². The lowest BCUT2D eigenvalue weighted by molar-refractivity contribution is 0.597. The summed E-state index contributed by atoms with van der Waals surface area (Å²) in [6.07, 6.45) is 3.66. The second-order valence-electron chi connectivity index (χ2n) is 6.59. The molecular weight excluding hydrogens is 367 g/mol. The molecule has 2 N–H and O–H groups in total. The van der Waals surface area contributed by atoms with Crippen LogP contribution >= 0.6 is 0 Å². The fourth-order valence-corrected chi connectivity index (χ4v) is 3.91. The molecule has 0 saturated carbocycles.